The maximum absolute atomic E-state index is 12.3. The van der Waals surface area contributed by atoms with Crippen molar-refractivity contribution in [2.75, 3.05) is 13.3 Å². The van der Waals surface area contributed by atoms with Crippen molar-refractivity contribution < 1.29 is 19.4 Å². The maximum Gasteiger partial charge on any atom is 0.408 e. The van der Waals surface area contributed by atoms with Gasteiger partial charge in [0.25, 0.3) is 0 Å². The second-order valence-electron chi connectivity index (χ2n) is 8.19. The second kappa shape index (κ2) is 7.34. The fourth-order valence-electron chi connectivity index (χ4n) is 5.04. The van der Waals surface area contributed by atoms with Gasteiger partial charge >= 0.3 is 6.09 Å². The first kappa shape index (κ1) is 18.8. The zero-order valence-electron chi connectivity index (χ0n) is 17.4. The third-order valence-electron chi connectivity index (χ3n) is 6.43. The van der Waals surface area contributed by atoms with E-state index < -0.39 is 12.1 Å². The Morgan fingerprint density at radius 3 is 2.59 bits per heavy atom. The third-order valence-corrected chi connectivity index (χ3v) is 6.43. The van der Waals surface area contributed by atoms with Gasteiger partial charge in [-0.25, -0.2) is 4.79 Å². The number of para-hydroxylation sites is 1. The summed E-state index contributed by atoms with van der Waals surface area (Å²) in [7, 11) is 0. The number of carboxylic acid groups (broad SMARTS) is 1. The summed E-state index contributed by atoms with van der Waals surface area (Å²) in [4.78, 5) is 13.9. The number of benzene rings is 3. The van der Waals surface area contributed by atoms with Crippen LogP contribution >= 0.6 is 0 Å². The van der Waals surface area contributed by atoms with E-state index in [4.69, 9.17) is 9.47 Å². The number of ether oxygens (including phenoxy) is 2. The third kappa shape index (κ3) is 2.91. The molecule has 6 heteroatoms. The van der Waals surface area contributed by atoms with Gasteiger partial charge in [0.15, 0.2) is 11.5 Å². The Balaban J connectivity index is 1.59. The summed E-state index contributed by atoms with van der Waals surface area (Å²) in [5.74, 6) is 1.35. The van der Waals surface area contributed by atoms with E-state index >= 15 is 0 Å². The lowest BCUT2D eigenvalue weighted by atomic mass is 9.92. The molecule has 1 unspecified atom stereocenters. The van der Waals surface area contributed by atoms with Gasteiger partial charge in [0.2, 0.25) is 6.79 Å². The van der Waals surface area contributed by atoms with Crippen LogP contribution in [0.1, 0.15) is 28.4 Å². The molecule has 3 aromatic carbocycles. The zero-order chi connectivity index (χ0) is 21.7. The molecule has 32 heavy (non-hydrogen) atoms. The van der Waals surface area contributed by atoms with Crippen molar-refractivity contribution >= 4 is 17.0 Å². The van der Waals surface area contributed by atoms with Crippen LogP contribution in [0.25, 0.3) is 10.9 Å². The predicted molar refractivity (Wildman–Crippen MR) is 120 cm³/mol. The first-order chi connectivity index (χ1) is 15.7. The van der Waals surface area contributed by atoms with E-state index in [2.05, 4.69) is 34.9 Å². The van der Waals surface area contributed by atoms with Crippen molar-refractivity contribution in [2.45, 2.75) is 19.0 Å². The average molecular weight is 426 g/mol. The Morgan fingerprint density at radius 1 is 0.969 bits per heavy atom. The quantitative estimate of drug-likeness (QED) is 0.498. The summed E-state index contributed by atoms with van der Waals surface area (Å²) in [6, 6.07) is 24.0. The lowest BCUT2D eigenvalue weighted by molar-refractivity contribution is 0.127. The predicted octanol–water partition coefficient (Wildman–Crippen LogP) is 5.04. The van der Waals surface area contributed by atoms with E-state index in [1.54, 1.807) is 4.90 Å². The Bertz CT molecular complexity index is 1330. The first-order valence-corrected chi connectivity index (χ1v) is 10.7. The van der Waals surface area contributed by atoms with Crippen LogP contribution in [-0.4, -0.2) is 34.0 Å². The van der Waals surface area contributed by atoms with Gasteiger partial charge in [0, 0.05) is 29.7 Å². The fraction of sp³-hybridized carbons (Fsp3) is 0.192. The Labute approximate surface area is 185 Å². The van der Waals surface area contributed by atoms with Crippen LogP contribution in [0.2, 0.25) is 0 Å². The lowest BCUT2D eigenvalue weighted by Crippen LogP contribution is -2.40. The Hall–Kier alpha value is -3.93. The topological polar surface area (TPSA) is 63.9 Å². The molecule has 0 saturated carbocycles. The van der Waals surface area contributed by atoms with Gasteiger partial charge in [0.05, 0.1) is 0 Å². The van der Waals surface area contributed by atoms with Crippen LogP contribution in [0.15, 0.2) is 72.8 Å². The largest absolute Gasteiger partial charge is 0.465 e. The summed E-state index contributed by atoms with van der Waals surface area (Å²) in [5, 5.41) is 11.3. The number of nitrogens with zero attached hydrogens (tertiary/aromatic N) is 2. The van der Waals surface area contributed by atoms with E-state index in [9.17, 15) is 9.90 Å². The molecule has 160 valence electrons. The van der Waals surface area contributed by atoms with Crippen LogP contribution in [0, 0.1) is 0 Å². The monoisotopic (exact) mass is 426 g/mol. The molecule has 3 heterocycles. The molecule has 6 nitrogen and oxygen atoms in total. The van der Waals surface area contributed by atoms with Crippen LogP contribution in [-0.2, 0) is 13.0 Å². The molecular formula is C26H22N2O4. The summed E-state index contributed by atoms with van der Waals surface area (Å²) in [6.45, 7) is 1.30. The molecule has 0 fully saturated rings. The average Bonchev–Trinajstić information content (AvgIpc) is 3.42. The number of aromatic nitrogens is 1. The highest BCUT2D eigenvalue weighted by atomic mass is 16.7. The van der Waals surface area contributed by atoms with Crippen molar-refractivity contribution in [2.24, 2.45) is 0 Å². The molecule has 1 N–H and O–H groups in total. The molecule has 0 aliphatic carbocycles. The molecule has 1 aromatic heterocycles. The van der Waals surface area contributed by atoms with Crippen LogP contribution < -0.4 is 9.47 Å². The van der Waals surface area contributed by atoms with Gasteiger partial charge in [-0.05, 0) is 41.3 Å². The standard InChI is InChI=1S/C26H22N2O4/c29-26(30)27-13-12-20-19-8-4-5-9-21(19)28(15-17-6-2-1-3-7-17)25(20)24(27)18-10-11-22-23(14-18)32-16-31-22/h1-11,14,24H,12-13,15-16H2,(H,29,30). The lowest BCUT2D eigenvalue weighted by Gasteiger charge is -2.35. The molecule has 0 radical (unpaired) electrons. The minimum Gasteiger partial charge on any atom is -0.465 e. The van der Waals surface area contributed by atoms with Crippen LogP contribution in [0.5, 0.6) is 11.5 Å². The van der Waals surface area contributed by atoms with Crippen molar-refractivity contribution in [3.8, 4) is 11.5 Å². The summed E-state index contributed by atoms with van der Waals surface area (Å²) < 4.78 is 13.4. The normalized spacial score (nSPS) is 16.9. The smallest absolute Gasteiger partial charge is 0.408 e. The molecule has 0 bridgehead atoms. The summed E-state index contributed by atoms with van der Waals surface area (Å²) in [5.41, 5.74) is 5.43. The van der Waals surface area contributed by atoms with Crippen molar-refractivity contribution in [1.82, 2.24) is 9.47 Å². The number of hydrogen-bond acceptors (Lipinski definition) is 3. The van der Waals surface area contributed by atoms with Gasteiger partial charge < -0.3 is 19.1 Å². The van der Waals surface area contributed by atoms with Crippen LogP contribution in [0.3, 0.4) is 0 Å². The van der Waals surface area contributed by atoms with Gasteiger partial charge in [-0.3, -0.25) is 4.90 Å². The highest BCUT2D eigenvalue weighted by molar-refractivity contribution is 5.87. The summed E-state index contributed by atoms with van der Waals surface area (Å²) >= 11 is 0. The van der Waals surface area contributed by atoms with E-state index in [-0.39, 0.29) is 6.79 Å². The number of rotatable bonds is 3. The fourth-order valence-corrected chi connectivity index (χ4v) is 5.04. The molecule has 1 atom stereocenters. The molecule has 2 aliphatic rings. The first-order valence-electron chi connectivity index (χ1n) is 10.7. The molecular weight excluding hydrogens is 404 g/mol. The highest BCUT2D eigenvalue weighted by Crippen LogP contribution is 2.43. The van der Waals surface area contributed by atoms with Gasteiger partial charge in [-0.2, -0.15) is 0 Å². The molecule has 0 saturated heterocycles. The van der Waals surface area contributed by atoms with Gasteiger partial charge in [-0.15, -0.1) is 0 Å². The van der Waals surface area contributed by atoms with E-state index in [1.165, 1.54) is 16.5 Å². The van der Waals surface area contributed by atoms with Crippen LogP contribution in [0.4, 0.5) is 4.79 Å². The van der Waals surface area contributed by atoms with Crippen molar-refractivity contribution in [3.05, 3.63) is 95.2 Å². The van der Waals surface area contributed by atoms with E-state index in [0.29, 0.717) is 31.0 Å². The van der Waals surface area contributed by atoms with Crippen molar-refractivity contribution in [1.29, 1.82) is 0 Å². The van der Waals surface area contributed by atoms with Gasteiger partial charge in [0.1, 0.15) is 6.04 Å². The SMILES string of the molecule is O=C(O)N1CCc2c(n(Cc3ccccc3)c3ccccc23)C1c1ccc2c(c1)OCO2. The number of fused-ring (bicyclic) bond motifs is 4. The highest BCUT2D eigenvalue weighted by Gasteiger charge is 2.37. The number of amides is 1. The van der Waals surface area contributed by atoms with E-state index in [0.717, 1.165) is 16.8 Å². The zero-order valence-corrected chi connectivity index (χ0v) is 17.4. The van der Waals surface area contributed by atoms with E-state index in [1.807, 2.05) is 42.5 Å². The molecule has 4 aromatic rings. The number of hydrogen-bond donors (Lipinski definition) is 1. The minimum absolute atomic E-state index is 0.186. The number of carbonyl (C=O) groups is 1. The Morgan fingerprint density at radius 2 is 1.75 bits per heavy atom. The van der Waals surface area contributed by atoms with Crippen molar-refractivity contribution in [3.63, 3.8) is 0 Å². The molecule has 0 spiro atoms. The molecule has 1 amide bonds. The maximum atomic E-state index is 12.3. The molecule has 2 aliphatic heterocycles. The van der Waals surface area contributed by atoms with Gasteiger partial charge in [-0.1, -0.05) is 54.6 Å². The minimum atomic E-state index is -0.921. The Kier molecular flexibility index (Phi) is 4.31. The molecule has 6 rings (SSSR count). The summed E-state index contributed by atoms with van der Waals surface area (Å²) in [6.07, 6.45) is -0.236. The second-order valence-corrected chi connectivity index (χ2v) is 8.19.